The van der Waals surface area contributed by atoms with Crippen molar-refractivity contribution < 1.29 is 0 Å². The maximum atomic E-state index is 11.5. The summed E-state index contributed by atoms with van der Waals surface area (Å²) in [7, 11) is 0. The standard InChI is InChI=1S/C13H24NO/c1-3-4-5-6-7-8-10-13(2)11-9-12-14(13)15/h9,12H,3-8,10-11H2,1-2H3/q-1. The Hall–Kier alpha value is -0.500. The van der Waals surface area contributed by atoms with Crippen LogP contribution in [0.1, 0.15) is 65.2 Å². The third kappa shape index (κ3) is 3.86. The first kappa shape index (κ1) is 12.6. The Morgan fingerprint density at radius 2 is 1.87 bits per heavy atom. The van der Waals surface area contributed by atoms with E-state index in [0.717, 1.165) is 17.9 Å². The summed E-state index contributed by atoms with van der Waals surface area (Å²) in [6.07, 6.45) is 13.4. The summed E-state index contributed by atoms with van der Waals surface area (Å²) < 4.78 is 0. The number of hydroxylamine groups is 2. The molecule has 0 saturated heterocycles. The van der Waals surface area contributed by atoms with Gasteiger partial charge in [0.05, 0.1) is 0 Å². The summed E-state index contributed by atoms with van der Waals surface area (Å²) >= 11 is 0. The third-order valence-corrected chi connectivity index (χ3v) is 3.40. The number of hydrogen-bond acceptors (Lipinski definition) is 2. The molecule has 88 valence electrons. The fraction of sp³-hybridized carbons (Fsp3) is 0.846. The van der Waals surface area contributed by atoms with E-state index >= 15 is 0 Å². The summed E-state index contributed by atoms with van der Waals surface area (Å²) in [6.45, 7) is 4.31. The molecule has 0 spiro atoms. The predicted octanol–water partition coefficient (Wildman–Crippen LogP) is 4.21. The number of unbranched alkanes of at least 4 members (excludes halogenated alkanes) is 5. The second-order valence-electron chi connectivity index (χ2n) is 4.93. The number of hydrogen-bond donors (Lipinski definition) is 0. The van der Waals surface area contributed by atoms with Gasteiger partial charge >= 0.3 is 0 Å². The van der Waals surface area contributed by atoms with Gasteiger partial charge in [0.2, 0.25) is 0 Å². The molecule has 0 radical (unpaired) electrons. The van der Waals surface area contributed by atoms with Crippen LogP contribution in [0.4, 0.5) is 0 Å². The van der Waals surface area contributed by atoms with Crippen molar-refractivity contribution in [2.75, 3.05) is 0 Å². The van der Waals surface area contributed by atoms with E-state index in [1.807, 2.05) is 6.08 Å². The molecule has 15 heavy (non-hydrogen) atoms. The SMILES string of the molecule is CCCCCCCCC1(C)CC=CN1[O-]. The van der Waals surface area contributed by atoms with Gasteiger partial charge in [-0.25, -0.2) is 0 Å². The van der Waals surface area contributed by atoms with Crippen LogP contribution in [-0.4, -0.2) is 10.6 Å². The zero-order valence-electron chi connectivity index (χ0n) is 10.2. The molecular formula is C13H24NO-. The first-order valence-corrected chi connectivity index (χ1v) is 6.32. The van der Waals surface area contributed by atoms with Crippen molar-refractivity contribution >= 4 is 0 Å². The molecule has 0 aromatic heterocycles. The minimum absolute atomic E-state index is 0.134. The van der Waals surface area contributed by atoms with Crippen molar-refractivity contribution in [3.8, 4) is 0 Å². The highest BCUT2D eigenvalue weighted by atomic mass is 16.5. The lowest BCUT2D eigenvalue weighted by atomic mass is 9.92. The topological polar surface area (TPSA) is 26.3 Å². The molecule has 0 N–H and O–H groups in total. The van der Waals surface area contributed by atoms with Crippen molar-refractivity contribution in [3.63, 3.8) is 0 Å². The fourth-order valence-electron chi connectivity index (χ4n) is 2.17. The van der Waals surface area contributed by atoms with Crippen molar-refractivity contribution in [3.05, 3.63) is 17.5 Å². The summed E-state index contributed by atoms with van der Waals surface area (Å²) in [5.74, 6) is 0. The van der Waals surface area contributed by atoms with Crippen LogP contribution in [0, 0.1) is 5.21 Å². The molecule has 0 aliphatic carbocycles. The quantitative estimate of drug-likeness (QED) is 0.588. The molecule has 1 aliphatic heterocycles. The van der Waals surface area contributed by atoms with Crippen LogP contribution in [0.5, 0.6) is 0 Å². The van der Waals surface area contributed by atoms with Crippen molar-refractivity contribution in [1.29, 1.82) is 0 Å². The van der Waals surface area contributed by atoms with E-state index in [2.05, 4.69) is 13.8 Å². The van der Waals surface area contributed by atoms with Crippen LogP contribution in [0.25, 0.3) is 0 Å². The molecule has 1 aliphatic rings. The molecule has 0 fully saturated rings. The summed E-state index contributed by atoms with van der Waals surface area (Å²) in [4.78, 5) is 0. The van der Waals surface area contributed by atoms with Crippen molar-refractivity contribution in [1.82, 2.24) is 5.06 Å². The monoisotopic (exact) mass is 210 g/mol. The van der Waals surface area contributed by atoms with Crippen LogP contribution in [0.15, 0.2) is 12.3 Å². The predicted molar refractivity (Wildman–Crippen MR) is 65.4 cm³/mol. The molecule has 2 nitrogen and oxygen atoms in total. The average Bonchev–Trinajstić information content (AvgIpc) is 2.54. The lowest BCUT2D eigenvalue weighted by Gasteiger charge is -2.41. The molecule has 0 bridgehead atoms. The van der Waals surface area contributed by atoms with Crippen LogP contribution >= 0.6 is 0 Å². The molecule has 1 atom stereocenters. The van der Waals surface area contributed by atoms with E-state index in [0.29, 0.717) is 0 Å². The van der Waals surface area contributed by atoms with Gasteiger partial charge in [0.25, 0.3) is 0 Å². The third-order valence-electron chi connectivity index (χ3n) is 3.40. The zero-order chi connectivity index (χ0) is 11.1. The fourth-order valence-corrected chi connectivity index (χ4v) is 2.17. The van der Waals surface area contributed by atoms with Crippen LogP contribution in [-0.2, 0) is 0 Å². The molecule has 0 saturated carbocycles. The van der Waals surface area contributed by atoms with E-state index in [1.54, 1.807) is 6.20 Å². The van der Waals surface area contributed by atoms with E-state index in [9.17, 15) is 5.21 Å². The molecule has 0 amide bonds. The van der Waals surface area contributed by atoms with Crippen molar-refractivity contribution in [2.45, 2.75) is 70.8 Å². The van der Waals surface area contributed by atoms with Crippen LogP contribution in [0.2, 0.25) is 0 Å². The van der Waals surface area contributed by atoms with Gasteiger partial charge in [-0.15, -0.1) is 0 Å². The van der Waals surface area contributed by atoms with Gasteiger partial charge in [0.1, 0.15) is 0 Å². The highest BCUT2D eigenvalue weighted by Gasteiger charge is 2.25. The summed E-state index contributed by atoms with van der Waals surface area (Å²) in [5, 5.41) is 12.6. The second-order valence-corrected chi connectivity index (χ2v) is 4.93. The molecule has 0 aromatic carbocycles. The molecular weight excluding hydrogens is 186 g/mol. The van der Waals surface area contributed by atoms with Crippen molar-refractivity contribution in [2.24, 2.45) is 0 Å². The van der Waals surface area contributed by atoms with Gasteiger partial charge in [-0.2, -0.15) is 0 Å². The highest BCUT2D eigenvalue weighted by molar-refractivity contribution is 5.06. The Balaban J connectivity index is 2.05. The first-order valence-electron chi connectivity index (χ1n) is 6.32. The van der Waals surface area contributed by atoms with Gasteiger partial charge in [-0.05, 0) is 26.0 Å². The normalized spacial score (nSPS) is 25.1. The lowest BCUT2D eigenvalue weighted by Crippen LogP contribution is -2.35. The zero-order valence-corrected chi connectivity index (χ0v) is 10.2. The molecule has 1 heterocycles. The maximum Gasteiger partial charge on any atom is 0.0291 e. The van der Waals surface area contributed by atoms with Gasteiger partial charge in [0, 0.05) is 5.54 Å². The Morgan fingerprint density at radius 1 is 1.20 bits per heavy atom. The second kappa shape index (κ2) is 6.16. The largest absolute Gasteiger partial charge is 0.758 e. The maximum absolute atomic E-state index is 11.5. The Kier molecular flexibility index (Phi) is 5.16. The highest BCUT2D eigenvalue weighted by Crippen LogP contribution is 2.31. The van der Waals surface area contributed by atoms with Gasteiger partial charge in [-0.3, -0.25) is 0 Å². The smallest absolute Gasteiger partial charge is 0.0291 e. The van der Waals surface area contributed by atoms with E-state index in [1.165, 1.54) is 38.5 Å². The Labute approximate surface area is 93.9 Å². The van der Waals surface area contributed by atoms with E-state index in [4.69, 9.17) is 0 Å². The summed E-state index contributed by atoms with van der Waals surface area (Å²) in [6, 6.07) is 0. The molecule has 2 heteroatoms. The first-order chi connectivity index (χ1) is 7.19. The van der Waals surface area contributed by atoms with Gasteiger partial charge < -0.3 is 10.3 Å². The molecule has 1 unspecified atom stereocenters. The molecule has 1 rings (SSSR count). The minimum atomic E-state index is -0.134. The summed E-state index contributed by atoms with van der Waals surface area (Å²) in [5.41, 5.74) is -0.134. The van der Waals surface area contributed by atoms with Crippen LogP contribution in [0.3, 0.4) is 0 Å². The van der Waals surface area contributed by atoms with Crippen LogP contribution < -0.4 is 0 Å². The van der Waals surface area contributed by atoms with E-state index in [-0.39, 0.29) is 5.54 Å². The van der Waals surface area contributed by atoms with Gasteiger partial charge in [-0.1, -0.05) is 51.5 Å². The van der Waals surface area contributed by atoms with Gasteiger partial charge in [0.15, 0.2) is 0 Å². The minimum Gasteiger partial charge on any atom is -0.758 e. The Bertz CT molecular complexity index is 203. The Morgan fingerprint density at radius 3 is 2.47 bits per heavy atom. The average molecular weight is 210 g/mol. The lowest BCUT2D eigenvalue weighted by molar-refractivity contribution is 0.229. The van der Waals surface area contributed by atoms with E-state index < -0.39 is 0 Å². The number of nitrogens with zero attached hydrogens (tertiary/aromatic N) is 1. The number of rotatable bonds is 7. The molecule has 0 aromatic rings.